The molecule has 212 valence electrons. The van der Waals surface area contributed by atoms with Crippen LogP contribution in [-0.4, -0.2) is 62.4 Å². The van der Waals surface area contributed by atoms with Crippen molar-refractivity contribution in [1.29, 1.82) is 0 Å². The van der Waals surface area contributed by atoms with Gasteiger partial charge in [0.05, 0.1) is 18.0 Å². The Morgan fingerprint density at radius 2 is 1.61 bits per heavy atom. The third kappa shape index (κ3) is 4.91. The fourth-order valence-electron chi connectivity index (χ4n) is 5.49. The second kappa shape index (κ2) is 10.5. The first-order valence-electron chi connectivity index (χ1n) is 13.0. The maximum atomic E-state index is 14.3. The smallest absolute Gasteiger partial charge is 0.260 e. The van der Waals surface area contributed by atoms with Gasteiger partial charge in [0.25, 0.3) is 15.9 Å². The van der Waals surface area contributed by atoms with Gasteiger partial charge < -0.3 is 5.11 Å². The predicted octanol–water partition coefficient (Wildman–Crippen LogP) is 4.43. The van der Waals surface area contributed by atoms with E-state index < -0.39 is 21.7 Å². The number of hydrogen-bond donors (Lipinski definition) is 1. The first kappa shape index (κ1) is 27.8. The number of sulfonamides is 1. The maximum absolute atomic E-state index is 14.3. The van der Waals surface area contributed by atoms with E-state index in [4.69, 9.17) is 23.2 Å². The number of amides is 1. The van der Waals surface area contributed by atoms with Crippen LogP contribution < -0.4 is 4.90 Å². The zero-order valence-electron chi connectivity index (χ0n) is 22.0. The molecule has 4 aromatic rings. The molecule has 2 aliphatic heterocycles. The van der Waals surface area contributed by atoms with Gasteiger partial charge in [0, 0.05) is 47.5 Å². The topological polar surface area (TPSA) is 122 Å². The Morgan fingerprint density at radius 1 is 0.976 bits per heavy atom. The van der Waals surface area contributed by atoms with Crippen molar-refractivity contribution < 1.29 is 18.3 Å². The summed E-state index contributed by atoms with van der Waals surface area (Å²) in [5, 5.41) is 10.5. The summed E-state index contributed by atoms with van der Waals surface area (Å²) in [6.07, 6.45) is 6.50. The van der Waals surface area contributed by atoms with Gasteiger partial charge in [-0.15, -0.1) is 0 Å². The summed E-state index contributed by atoms with van der Waals surface area (Å²) in [7, 11) is -4.04. The van der Waals surface area contributed by atoms with E-state index in [0.29, 0.717) is 28.6 Å². The van der Waals surface area contributed by atoms with Crippen molar-refractivity contribution in [3.05, 3.63) is 83.0 Å². The molecule has 41 heavy (non-hydrogen) atoms. The molecule has 1 unspecified atom stereocenters. The number of fused-ring (bicyclic) bond motifs is 1. The third-order valence-electron chi connectivity index (χ3n) is 7.60. The van der Waals surface area contributed by atoms with E-state index >= 15 is 0 Å². The molecule has 6 rings (SSSR count). The predicted molar refractivity (Wildman–Crippen MR) is 155 cm³/mol. The summed E-state index contributed by atoms with van der Waals surface area (Å²) >= 11 is 12.6. The van der Waals surface area contributed by atoms with Gasteiger partial charge in [-0.1, -0.05) is 47.5 Å². The van der Waals surface area contributed by atoms with Gasteiger partial charge >= 0.3 is 0 Å². The number of benzene rings is 2. The summed E-state index contributed by atoms with van der Waals surface area (Å²) in [6.45, 7) is 2.06. The van der Waals surface area contributed by atoms with Crippen LogP contribution >= 0.6 is 23.2 Å². The lowest BCUT2D eigenvalue weighted by Gasteiger charge is -2.31. The number of imidazole rings is 1. The van der Waals surface area contributed by atoms with Crippen LogP contribution in [0.1, 0.15) is 25.3 Å². The van der Waals surface area contributed by atoms with Crippen LogP contribution in [0.25, 0.3) is 11.1 Å². The van der Waals surface area contributed by atoms with E-state index in [2.05, 4.69) is 15.0 Å². The van der Waals surface area contributed by atoms with Crippen molar-refractivity contribution in [2.45, 2.75) is 42.9 Å². The highest BCUT2D eigenvalue weighted by Crippen LogP contribution is 2.45. The highest BCUT2D eigenvalue weighted by Gasteiger charge is 2.52. The molecule has 0 bridgehead atoms. The normalized spacial score (nSPS) is 20.0. The number of nitrogens with zero attached hydrogens (tertiary/aromatic N) is 6. The fraction of sp³-hybridized carbons (Fsp3) is 0.286. The van der Waals surface area contributed by atoms with Gasteiger partial charge in [0.2, 0.25) is 5.95 Å². The van der Waals surface area contributed by atoms with Crippen LogP contribution in [0.15, 0.2) is 72.4 Å². The van der Waals surface area contributed by atoms with E-state index in [1.165, 1.54) is 26.3 Å². The van der Waals surface area contributed by atoms with Crippen molar-refractivity contribution in [2.24, 2.45) is 0 Å². The Balaban J connectivity index is 1.44. The Kier molecular flexibility index (Phi) is 7.11. The Labute approximate surface area is 247 Å². The summed E-state index contributed by atoms with van der Waals surface area (Å²) in [6, 6.07) is 12.4. The van der Waals surface area contributed by atoms with Gasteiger partial charge in [0.15, 0.2) is 5.03 Å². The van der Waals surface area contributed by atoms with Crippen LogP contribution in [0.4, 0.5) is 11.6 Å². The van der Waals surface area contributed by atoms with Gasteiger partial charge in [0.1, 0.15) is 11.9 Å². The number of aliphatic hydroxyl groups is 1. The van der Waals surface area contributed by atoms with Gasteiger partial charge in [-0.3, -0.25) is 9.36 Å². The van der Waals surface area contributed by atoms with Crippen molar-refractivity contribution in [3.8, 4) is 11.1 Å². The van der Waals surface area contributed by atoms with Crippen LogP contribution in [0.5, 0.6) is 0 Å². The number of halogens is 2. The molecule has 1 fully saturated rings. The van der Waals surface area contributed by atoms with E-state index in [9.17, 15) is 18.3 Å². The lowest BCUT2D eigenvalue weighted by Crippen LogP contribution is -2.44. The lowest BCUT2D eigenvalue weighted by molar-refractivity contribution is -0.124. The lowest BCUT2D eigenvalue weighted by atomic mass is 9.91. The third-order valence-corrected chi connectivity index (χ3v) is 9.90. The van der Waals surface area contributed by atoms with E-state index in [1.54, 1.807) is 37.5 Å². The van der Waals surface area contributed by atoms with Crippen molar-refractivity contribution in [2.75, 3.05) is 18.0 Å². The largest absolute Gasteiger partial charge is 0.393 e. The highest BCUT2D eigenvalue weighted by molar-refractivity contribution is 7.89. The number of anilines is 2. The van der Waals surface area contributed by atoms with Crippen LogP contribution in [0, 0.1) is 0 Å². The number of aromatic nitrogens is 4. The van der Waals surface area contributed by atoms with E-state index in [1.807, 2.05) is 24.3 Å². The number of hydrogen-bond acceptors (Lipinski definition) is 7. The van der Waals surface area contributed by atoms with Crippen LogP contribution in [0.3, 0.4) is 0 Å². The quantitative estimate of drug-likeness (QED) is 0.342. The number of carbonyl (C=O) groups excluding carboxylic acids is 1. The minimum atomic E-state index is -4.04. The molecule has 13 heteroatoms. The minimum Gasteiger partial charge on any atom is -0.393 e. The molecule has 4 heterocycles. The molecule has 0 radical (unpaired) electrons. The molecular weight excluding hydrogens is 587 g/mol. The Morgan fingerprint density at radius 3 is 2.24 bits per heavy atom. The molecule has 0 saturated carbocycles. The molecule has 2 aromatic carbocycles. The first-order chi connectivity index (χ1) is 19.6. The standard InChI is InChI=1S/C28H26Cl2N6O4S/c1-28(13-18-2-4-19(5-3-18)20-14-31-17-32-15-20)26(38)35(23-11-21(29)10-22(30)12-23)27-33-16-25(36(27)28)41(39,40)34-8-6-24(37)7-9-34/h2-5,10-12,14-17,24,37H,6-9,13H2,1H3. The van der Waals surface area contributed by atoms with Crippen molar-refractivity contribution in [3.63, 3.8) is 0 Å². The molecule has 2 aliphatic rings. The number of piperidine rings is 1. The first-order valence-corrected chi connectivity index (χ1v) is 15.2. The second-order valence-electron chi connectivity index (χ2n) is 10.4. The highest BCUT2D eigenvalue weighted by atomic mass is 35.5. The maximum Gasteiger partial charge on any atom is 0.260 e. The Hall–Kier alpha value is -3.35. The molecule has 1 amide bonds. The van der Waals surface area contributed by atoms with Gasteiger partial charge in [-0.25, -0.2) is 28.3 Å². The average Bonchev–Trinajstić information content (AvgIpc) is 3.48. The monoisotopic (exact) mass is 612 g/mol. The zero-order chi connectivity index (χ0) is 28.9. The van der Waals surface area contributed by atoms with Crippen molar-refractivity contribution >= 4 is 50.8 Å². The molecular formula is C28H26Cl2N6O4S. The number of rotatable bonds is 6. The SMILES string of the molecule is CC1(Cc2ccc(-c3cncnc3)cc2)C(=O)N(c2cc(Cl)cc(Cl)c2)c2ncc(S(=O)(=O)N3CCC(O)CC3)n21. The number of aliphatic hydroxyl groups excluding tert-OH is 1. The van der Waals surface area contributed by atoms with Gasteiger partial charge in [-0.2, -0.15) is 4.31 Å². The molecule has 1 saturated heterocycles. The molecule has 1 N–H and O–H groups in total. The summed E-state index contributed by atoms with van der Waals surface area (Å²) in [4.78, 5) is 28.2. The van der Waals surface area contributed by atoms with Crippen molar-refractivity contribution in [1.82, 2.24) is 23.8 Å². The molecule has 0 spiro atoms. The zero-order valence-corrected chi connectivity index (χ0v) is 24.3. The Bertz CT molecular complexity index is 1700. The molecule has 1 atom stereocenters. The number of carbonyl (C=O) groups is 1. The minimum absolute atomic E-state index is 0.0894. The summed E-state index contributed by atoms with van der Waals surface area (Å²) in [5.41, 5.74) is 1.61. The fourth-order valence-corrected chi connectivity index (χ4v) is 7.66. The van der Waals surface area contributed by atoms with Crippen LogP contribution in [-0.2, 0) is 26.8 Å². The second-order valence-corrected chi connectivity index (χ2v) is 13.2. The van der Waals surface area contributed by atoms with Gasteiger partial charge in [-0.05, 0) is 49.1 Å². The molecule has 0 aliphatic carbocycles. The summed E-state index contributed by atoms with van der Waals surface area (Å²) in [5.74, 6) is -0.213. The summed E-state index contributed by atoms with van der Waals surface area (Å²) < 4.78 is 30.7. The molecule has 2 aromatic heterocycles. The molecule has 10 nitrogen and oxygen atoms in total. The van der Waals surface area contributed by atoms with E-state index in [-0.39, 0.29) is 36.4 Å². The van der Waals surface area contributed by atoms with E-state index in [0.717, 1.165) is 16.7 Å². The van der Waals surface area contributed by atoms with Crippen LogP contribution in [0.2, 0.25) is 10.0 Å². The average molecular weight is 614 g/mol.